The molecule has 0 saturated heterocycles. The summed E-state index contributed by atoms with van der Waals surface area (Å²) in [4.78, 5) is 2.29. The topological polar surface area (TPSA) is 42.4 Å². The number of nitrogens with zero attached hydrogens (tertiary/aromatic N) is 1. The van der Waals surface area contributed by atoms with Gasteiger partial charge in [-0.05, 0) is 26.1 Å². The number of hydrogen-bond acceptors (Lipinski definition) is 3. The van der Waals surface area contributed by atoms with Crippen LogP contribution >= 0.6 is 0 Å². The van der Waals surface area contributed by atoms with Crippen molar-refractivity contribution in [3.05, 3.63) is 36.1 Å². The Balaban J connectivity index is 2.36. The molecule has 0 aliphatic carbocycles. The smallest absolute Gasteiger partial charge is 0.134 e. The van der Waals surface area contributed by atoms with E-state index in [2.05, 4.69) is 24.9 Å². The van der Waals surface area contributed by atoms with Crippen LogP contribution in [0.3, 0.4) is 0 Å². The molecule has 1 heterocycles. The second kappa shape index (κ2) is 5.34. The number of benzene rings is 1. The summed E-state index contributed by atoms with van der Waals surface area (Å²) in [5, 5.41) is 1.17. The molecule has 1 aromatic carbocycles. The first-order chi connectivity index (χ1) is 8.27. The number of nitrogens with two attached hydrogens (primary N) is 1. The van der Waals surface area contributed by atoms with Gasteiger partial charge in [0.15, 0.2) is 0 Å². The third-order valence-electron chi connectivity index (χ3n) is 3.20. The van der Waals surface area contributed by atoms with Crippen LogP contribution < -0.4 is 5.73 Å². The van der Waals surface area contributed by atoms with Crippen LogP contribution in [0.5, 0.6) is 0 Å². The number of rotatable bonds is 5. The molecule has 0 spiro atoms. The van der Waals surface area contributed by atoms with Crippen molar-refractivity contribution in [3.63, 3.8) is 0 Å². The lowest BCUT2D eigenvalue weighted by Crippen LogP contribution is -2.30. The molecule has 0 aliphatic heterocycles. The maximum Gasteiger partial charge on any atom is 0.134 e. The van der Waals surface area contributed by atoms with Crippen LogP contribution in [-0.4, -0.2) is 25.0 Å². The van der Waals surface area contributed by atoms with Gasteiger partial charge in [0.05, 0.1) is 12.3 Å². The fourth-order valence-electron chi connectivity index (χ4n) is 2.31. The standard InChI is InChI=1S/C14H20N2O/c1-3-8-16(2)13(9-15)12-10-17-14-7-5-4-6-11(12)14/h4-7,10,13H,3,8-9,15H2,1-2H3. The Morgan fingerprint density at radius 3 is 2.82 bits per heavy atom. The summed E-state index contributed by atoms with van der Waals surface area (Å²) in [5.41, 5.74) is 8.03. The summed E-state index contributed by atoms with van der Waals surface area (Å²) in [6.45, 7) is 3.83. The summed E-state index contributed by atoms with van der Waals surface area (Å²) in [6.07, 6.45) is 2.97. The van der Waals surface area contributed by atoms with Crippen LogP contribution in [0.25, 0.3) is 11.0 Å². The summed E-state index contributed by atoms with van der Waals surface area (Å²) >= 11 is 0. The molecule has 2 N–H and O–H groups in total. The third-order valence-corrected chi connectivity index (χ3v) is 3.20. The lowest BCUT2D eigenvalue weighted by Gasteiger charge is -2.25. The second-order valence-electron chi connectivity index (χ2n) is 4.42. The molecule has 0 radical (unpaired) electrons. The van der Waals surface area contributed by atoms with Gasteiger partial charge in [-0.1, -0.05) is 25.1 Å². The van der Waals surface area contributed by atoms with Crippen molar-refractivity contribution in [2.24, 2.45) is 5.73 Å². The highest BCUT2D eigenvalue weighted by Crippen LogP contribution is 2.28. The monoisotopic (exact) mass is 232 g/mol. The number of para-hydroxylation sites is 1. The van der Waals surface area contributed by atoms with Gasteiger partial charge >= 0.3 is 0 Å². The molecule has 0 aliphatic rings. The van der Waals surface area contributed by atoms with Crippen molar-refractivity contribution >= 4 is 11.0 Å². The molecule has 0 bridgehead atoms. The molecule has 2 aromatic rings. The van der Waals surface area contributed by atoms with Crippen LogP contribution in [0.15, 0.2) is 34.9 Å². The summed E-state index contributed by atoms with van der Waals surface area (Å²) < 4.78 is 5.58. The zero-order valence-corrected chi connectivity index (χ0v) is 10.5. The van der Waals surface area contributed by atoms with E-state index < -0.39 is 0 Å². The highest BCUT2D eigenvalue weighted by atomic mass is 16.3. The van der Waals surface area contributed by atoms with E-state index in [1.54, 1.807) is 0 Å². The summed E-state index contributed by atoms with van der Waals surface area (Å²) in [6, 6.07) is 8.35. The van der Waals surface area contributed by atoms with E-state index in [-0.39, 0.29) is 6.04 Å². The molecule has 1 unspecified atom stereocenters. The van der Waals surface area contributed by atoms with E-state index in [9.17, 15) is 0 Å². The summed E-state index contributed by atoms with van der Waals surface area (Å²) in [5.74, 6) is 0. The van der Waals surface area contributed by atoms with Gasteiger partial charge in [0.25, 0.3) is 0 Å². The van der Waals surface area contributed by atoms with Gasteiger partial charge < -0.3 is 10.2 Å². The Bertz CT molecular complexity index is 478. The van der Waals surface area contributed by atoms with E-state index in [1.807, 2.05) is 24.5 Å². The van der Waals surface area contributed by atoms with Crippen LogP contribution in [0.2, 0.25) is 0 Å². The number of fused-ring (bicyclic) bond motifs is 1. The second-order valence-corrected chi connectivity index (χ2v) is 4.42. The molecule has 2 rings (SSSR count). The molecule has 3 heteroatoms. The molecule has 0 fully saturated rings. The Hall–Kier alpha value is -1.32. The average molecular weight is 232 g/mol. The lowest BCUT2D eigenvalue weighted by atomic mass is 10.0. The van der Waals surface area contributed by atoms with Crippen molar-refractivity contribution < 1.29 is 4.42 Å². The number of furan rings is 1. The molecule has 3 nitrogen and oxygen atoms in total. The molecule has 0 saturated carbocycles. The Kier molecular flexibility index (Phi) is 3.82. The highest BCUT2D eigenvalue weighted by molar-refractivity contribution is 5.81. The predicted octanol–water partition coefficient (Wildman–Crippen LogP) is 2.77. The highest BCUT2D eigenvalue weighted by Gasteiger charge is 2.19. The Labute approximate surface area is 102 Å². The van der Waals surface area contributed by atoms with Crippen molar-refractivity contribution in [2.45, 2.75) is 19.4 Å². The Morgan fingerprint density at radius 2 is 2.12 bits per heavy atom. The van der Waals surface area contributed by atoms with E-state index in [1.165, 1.54) is 10.9 Å². The van der Waals surface area contributed by atoms with E-state index in [0.29, 0.717) is 6.54 Å². The van der Waals surface area contributed by atoms with Crippen LogP contribution in [-0.2, 0) is 0 Å². The van der Waals surface area contributed by atoms with Gasteiger partial charge in [0, 0.05) is 17.5 Å². The minimum absolute atomic E-state index is 0.235. The molecule has 17 heavy (non-hydrogen) atoms. The first-order valence-electron chi connectivity index (χ1n) is 6.14. The number of hydrogen-bond donors (Lipinski definition) is 1. The van der Waals surface area contributed by atoms with Crippen molar-refractivity contribution in [1.82, 2.24) is 4.90 Å². The van der Waals surface area contributed by atoms with Gasteiger partial charge in [0.2, 0.25) is 0 Å². The quantitative estimate of drug-likeness (QED) is 0.862. The third kappa shape index (κ3) is 2.35. The zero-order chi connectivity index (χ0) is 12.3. The maximum atomic E-state index is 5.90. The van der Waals surface area contributed by atoms with Crippen LogP contribution in [0, 0.1) is 0 Å². The summed E-state index contributed by atoms with van der Waals surface area (Å²) in [7, 11) is 2.11. The molecular weight excluding hydrogens is 212 g/mol. The Morgan fingerprint density at radius 1 is 1.35 bits per heavy atom. The van der Waals surface area contributed by atoms with Gasteiger partial charge in [-0.3, -0.25) is 4.90 Å². The molecule has 1 atom stereocenters. The molecule has 1 aromatic heterocycles. The van der Waals surface area contributed by atoms with E-state index in [0.717, 1.165) is 18.5 Å². The SMILES string of the molecule is CCCN(C)C(CN)c1coc2ccccc12. The van der Waals surface area contributed by atoms with Crippen molar-refractivity contribution in [2.75, 3.05) is 20.1 Å². The van der Waals surface area contributed by atoms with Gasteiger partial charge in [-0.15, -0.1) is 0 Å². The van der Waals surface area contributed by atoms with E-state index in [4.69, 9.17) is 10.2 Å². The normalized spacial score (nSPS) is 13.4. The molecule has 92 valence electrons. The molecule has 0 amide bonds. The van der Waals surface area contributed by atoms with Crippen molar-refractivity contribution in [3.8, 4) is 0 Å². The lowest BCUT2D eigenvalue weighted by molar-refractivity contribution is 0.251. The first-order valence-corrected chi connectivity index (χ1v) is 6.14. The van der Waals surface area contributed by atoms with Gasteiger partial charge in [0.1, 0.15) is 5.58 Å². The fourth-order valence-corrected chi connectivity index (χ4v) is 2.31. The van der Waals surface area contributed by atoms with Crippen molar-refractivity contribution in [1.29, 1.82) is 0 Å². The van der Waals surface area contributed by atoms with Gasteiger partial charge in [-0.25, -0.2) is 0 Å². The number of likely N-dealkylation sites (N-methyl/N-ethyl adjacent to an activating group) is 1. The van der Waals surface area contributed by atoms with E-state index >= 15 is 0 Å². The minimum atomic E-state index is 0.235. The first kappa shape index (κ1) is 12.1. The predicted molar refractivity (Wildman–Crippen MR) is 70.9 cm³/mol. The maximum absolute atomic E-state index is 5.90. The molecular formula is C14H20N2O. The zero-order valence-electron chi connectivity index (χ0n) is 10.5. The fraction of sp³-hybridized carbons (Fsp3) is 0.429. The largest absolute Gasteiger partial charge is 0.464 e. The van der Waals surface area contributed by atoms with Crippen LogP contribution in [0.4, 0.5) is 0 Å². The minimum Gasteiger partial charge on any atom is -0.464 e. The van der Waals surface area contributed by atoms with Crippen LogP contribution in [0.1, 0.15) is 24.9 Å². The average Bonchev–Trinajstić information content (AvgIpc) is 2.75. The van der Waals surface area contributed by atoms with Gasteiger partial charge in [-0.2, -0.15) is 0 Å².